The van der Waals surface area contributed by atoms with Crippen LogP contribution >= 0.6 is 11.3 Å². The van der Waals surface area contributed by atoms with E-state index in [4.69, 9.17) is 0 Å². The maximum atomic E-state index is 12.6. The molecule has 7 heteroatoms. The van der Waals surface area contributed by atoms with Gasteiger partial charge in [0, 0.05) is 29.0 Å². The molecule has 0 fully saturated rings. The highest BCUT2D eigenvalue weighted by Crippen LogP contribution is 2.25. The molecular formula is C19H17N3O2S2. The first kappa shape index (κ1) is 16.8. The molecule has 0 aliphatic rings. The van der Waals surface area contributed by atoms with Crippen LogP contribution in [0.15, 0.2) is 65.1 Å². The third-order valence-corrected chi connectivity index (χ3v) is 6.46. The van der Waals surface area contributed by atoms with Crippen LogP contribution in [0.25, 0.3) is 16.2 Å². The molecule has 26 heavy (non-hydrogen) atoms. The number of benzene rings is 2. The van der Waals surface area contributed by atoms with E-state index in [9.17, 15) is 8.42 Å². The second kappa shape index (κ2) is 6.26. The minimum absolute atomic E-state index is 0.293. The third-order valence-electron chi connectivity index (χ3n) is 4.15. The van der Waals surface area contributed by atoms with Crippen LogP contribution in [0, 0.1) is 13.8 Å². The third kappa shape index (κ3) is 3.11. The van der Waals surface area contributed by atoms with E-state index in [1.165, 1.54) is 0 Å². The van der Waals surface area contributed by atoms with Crippen LogP contribution in [0.4, 0.5) is 5.69 Å². The zero-order valence-electron chi connectivity index (χ0n) is 14.3. The summed E-state index contributed by atoms with van der Waals surface area (Å²) in [4.78, 5) is 5.78. The average Bonchev–Trinajstić information content (AvgIpc) is 3.16. The van der Waals surface area contributed by atoms with Gasteiger partial charge in [0.2, 0.25) is 0 Å². The number of thiazole rings is 1. The van der Waals surface area contributed by atoms with Gasteiger partial charge >= 0.3 is 0 Å². The molecule has 1 N–H and O–H groups in total. The van der Waals surface area contributed by atoms with Crippen LogP contribution < -0.4 is 4.72 Å². The molecule has 0 aliphatic heterocycles. The Balaban J connectivity index is 1.59. The molecule has 4 rings (SSSR count). The Bertz CT molecular complexity index is 1160. The summed E-state index contributed by atoms with van der Waals surface area (Å²) in [7, 11) is -3.62. The molecule has 0 amide bonds. The van der Waals surface area contributed by atoms with Crippen molar-refractivity contribution >= 4 is 32.0 Å². The smallest absolute Gasteiger partial charge is 0.262 e. The van der Waals surface area contributed by atoms with Gasteiger partial charge in [0.15, 0.2) is 4.96 Å². The summed E-state index contributed by atoms with van der Waals surface area (Å²) in [6.07, 6.45) is 3.92. The second-order valence-corrected chi connectivity index (χ2v) is 8.69. The van der Waals surface area contributed by atoms with Gasteiger partial charge < -0.3 is 0 Å². The normalized spacial score (nSPS) is 11.8. The van der Waals surface area contributed by atoms with E-state index in [0.717, 1.165) is 27.3 Å². The number of anilines is 1. The van der Waals surface area contributed by atoms with Crippen molar-refractivity contribution < 1.29 is 8.42 Å². The lowest BCUT2D eigenvalue weighted by Crippen LogP contribution is -2.14. The fourth-order valence-electron chi connectivity index (χ4n) is 2.89. The molecule has 0 bridgehead atoms. The van der Waals surface area contributed by atoms with Gasteiger partial charge in [0.05, 0.1) is 10.6 Å². The number of sulfonamides is 1. The Labute approximate surface area is 156 Å². The molecule has 0 unspecified atom stereocenters. The Morgan fingerprint density at radius 1 is 1.08 bits per heavy atom. The maximum absolute atomic E-state index is 12.6. The predicted molar refractivity (Wildman–Crippen MR) is 105 cm³/mol. The van der Waals surface area contributed by atoms with E-state index < -0.39 is 10.0 Å². The molecule has 132 valence electrons. The van der Waals surface area contributed by atoms with Crippen molar-refractivity contribution in [1.82, 2.24) is 9.38 Å². The zero-order valence-corrected chi connectivity index (χ0v) is 15.9. The summed E-state index contributed by atoms with van der Waals surface area (Å²) in [5.74, 6) is 0. The van der Waals surface area contributed by atoms with Crippen molar-refractivity contribution in [3.63, 3.8) is 0 Å². The highest BCUT2D eigenvalue weighted by molar-refractivity contribution is 7.92. The van der Waals surface area contributed by atoms with Crippen LogP contribution in [-0.2, 0) is 10.0 Å². The lowest BCUT2D eigenvalue weighted by atomic mass is 10.1. The quantitative estimate of drug-likeness (QED) is 0.565. The van der Waals surface area contributed by atoms with Gasteiger partial charge in [0.25, 0.3) is 10.0 Å². The van der Waals surface area contributed by atoms with Gasteiger partial charge in [-0.05, 0) is 37.6 Å². The fourth-order valence-corrected chi connectivity index (χ4v) is 4.87. The van der Waals surface area contributed by atoms with Gasteiger partial charge in [-0.2, -0.15) is 0 Å². The average molecular weight is 383 g/mol. The summed E-state index contributed by atoms with van der Waals surface area (Å²) >= 11 is 1.57. The molecule has 0 saturated carbocycles. The number of aryl methyl sites for hydroxylation is 2. The molecule has 2 aromatic heterocycles. The minimum Gasteiger partial charge on any atom is -0.297 e. The lowest BCUT2D eigenvalue weighted by Gasteiger charge is -2.11. The van der Waals surface area contributed by atoms with Crippen LogP contribution in [0.2, 0.25) is 0 Å². The van der Waals surface area contributed by atoms with Crippen molar-refractivity contribution in [2.24, 2.45) is 0 Å². The van der Waals surface area contributed by atoms with Crippen LogP contribution in [0.1, 0.15) is 11.1 Å². The molecule has 4 aromatic rings. The Hall–Kier alpha value is -2.64. The molecule has 0 aliphatic carbocycles. The number of rotatable bonds is 4. The van der Waals surface area contributed by atoms with Gasteiger partial charge in [-0.15, -0.1) is 11.3 Å². The van der Waals surface area contributed by atoms with E-state index >= 15 is 0 Å². The van der Waals surface area contributed by atoms with Gasteiger partial charge in [-0.3, -0.25) is 9.12 Å². The molecule has 2 heterocycles. The molecule has 0 saturated heterocycles. The highest BCUT2D eigenvalue weighted by Gasteiger charge is 2.17. The first-order valence-corrected chi connectivity index (χ1v) is 10.4. The van der Waals surface area contributed by atoms with Crippen molar-refractivity contribution in [3.8, 4) is 11.3 Å². The van der Waals surface area contributed by atoms with Crippen LogP contribution in [0.3, 0.4) is 0 Å². The monoisotopic (exact) mass is 383 g/mol. The topological polar surface area (TPSA) is 63.5 Å². The minimum atomic E-state index is -3.62. The van der Waals surface area contributed by atoms with E-state index in [0.29, 0.717) is 10.6 Å². The summed E-state index contributed by atoms with van der Waals surface area (Å²) in [5, 5.41) is 1.98. The van der Waals surface area contributed by atoms with Gasteiger partial charge in [-0.25, -0.2) is 13.4 Å². The zero-order chi connectivity index (χ0) is 18.3. The van der Waals surface area contributed by atoms with Crippen LogP contribution in [0.5, 0.6) is 0 Å². The second-order valence-electron chi connectivity index (χ2n) is 6.17. The van der Waals surface area contributed by atoms with E-state index in [2.05, 4.69) is 9.71 Å². The first-order chi connectivity index (χ1) is 12.4. The number of aromatic nitrogens is 2. The maximum Gasteiger partial charge on any atom is 0.262 e. The molecule has 0 atom stereocenters. The Morgan fingerprint density at radius 3 is 2.54 bits per heavy atom. The standard InChI is InChI=1S/C19H17N3O2S2/c1-13-3-8-18(14(2)11-13)26(23,24)21-16-6-4-15(5-7-16)17-12-22-9-10-25-19(22)20-17/h3-12,21H,1-2H3. The van der Waals surface area contributed by atoms with Crippen molar-refractivity contribution in [1.29, 1.82) is 0 Å². The summed E-state index contributed by atoms with van der Waals surface area (Å²) < 4.78 is 29.9. The van der Waals surface area contributed by atoms with E-state index in [1.807, 2.05) is 47.3 Å². The predicted octanol–water partition coefficient (Wildman–Crippen LogP) is 4.48. The molecule has 5 nitrogen and oxygen atoms in total. The SMILES string of the molecule is Cc1ccc(S(=O)(=O)Nc2ccc(-c3cn4ccsc4n3)cc2)c(C)c1. The summed E-state index contributed by atoms with van der Waals surface area (Å²) in [6.45, 7) is 3.74. The number of hydrogen-bond donors (Lipinski definition) is 1. The number of hydrogen-bond acceptors (Lipinski definition) is 4. The summed E-state index contributed by atoms with van der Waals surface area (Å²) in [5.41, 5.74) is 4.09. The van der Waals surface area contributed by atoms with Crippen LogP contribution in [-0.4, -0.2) is 17.8 Å². The highest BCUT2D eigenvalue weighted by atomic mass is 32.2. The van der Waals surface area contributed by atoms with Gasteiger partial charge in [-0.1, -0.05) is 29.8 Å². The largest absolute Gasteiger partial charge is 0.297 e. The van der Waals surface area contributed by atoms with Gasteiger partial charge in [0.1, 0.15) is 0 Å². The Kier molecular flexibility index (Phi) is 4.05. The Morgan fingerprint density at radius 2 is 1.85 bits per heavy atom. The number of fused-ring (bicyclic) bond motifs is 1. The molecule has 0 radical (unpaired) electrons. The molecule has 0 spiro atoms. The molecular weight excluding hydrogens is 366 g/mol. The van der Waals surface area contributed by atoms with Crippen molar-refractivity contribution in [2.45, 2.75) is 18.7 Å². The number of nitrogens with one attached hydrogen (secondary N) is 1. The molecule has 2 aromatic carbocycles. The summed E-state index contributed by atoms with van der Waals surface area (Å²) in [6, 6.07) is 12.5. The van der Waals surface area contributed by atoms with E-state index in [-0.39, 0.29) is 0 Å². The number of nitrogens with zero attached hydrogens (tertiary/aromatic N) is 2. The first-order valence-electron chi connectivity index (χ1n) is 8.05. The lowest BCUT2D eigenvalue weighted by molar-refractivity contribution is 0.600. The van der Waals surface area contributed by atoms with Crippen molar-refractivity contribution in [3.05, 3.63) is 71.4 Å². The van der Waals surface area contributed by atoms with E-state index in [1.54, 1.807) is 42.5 Å². The number of imidazole rings is 1. The van der Waals surface area contributed by atoms with Crippen molar-refractivity contribution in [2.75, 3.05) is 4.72 Å². The fraction of sp³-hybridized carbons (Fsp3) is 0.105.